The van der Waals surface area contributed by atoms with Gasteiger partial charge in [-0.3, -0.25) is 9.69 Å². The lowest BCUT2D eigenvalue weighted by atomic mass is 10.0. The first-order valence-electron chi connectivity index (χ1n) is 7.44. The lowest BCUT2D eigenvalue weighted by Crippen LogP contribution is -2.18. The number of likely N-dealkylation sites (tertiary alicyclic amines) is 1. The second-order valence-electron chi connectivity index (χ2n) is 5.67. The predicted octanol–water partition coefficient (Wildman–Crippen LogP) is 3.79. The van der Waals surface area contributed by atoms with Gasteiger partial charge in [-0.1, -0.05) is 18.2 Å². The van der Waals surface area contributed by atoms with Crippen LogP contribution < -0.4 is 0 Å². The molecule has 4 heteroatoms. The van der Waals surface area contributed by atoms with E-state index < -0.39 is 11.6 Å². The summed E-state index contributed by atoms with van der Waals surface area (Å²) in [7, 11) is 0. The van der Waals surface area contributed by atoms with Crippen LogP contribution in [0.25, 0.3) is 0 Å². The van der Waals surface area contributed by atoms with E-state index >= 15 is 0 Å². The van der Waals surface area contributed by atoms with E-state index in [0.29, 0.717) is 5.56 Å². The first kappa shape index (κ1) is 14.9. The van der Waals surface area contributed by atoms with Crippen LogP contribution in [0.2, 0.25) is 0 Å². The molecule has 3 rings (SSSR count). The van der Waals surface area contributed by atoms with E-state index in [1.807, 2.05) is 18.2 Å². The van der Waals surface area contributed by atoms with Crippen molar-refractivity contribution >= 4 is 5.78 Å². The van der Waals surface area contributed by atoms with Crippen molar-refractivity contribution in [3.8, 4) is 0 Å². The molecule has 1 aliphatic rings. The molecular weight excluding hydrogens is 284 g/mol. The summed E-state index contributed by atoms with van der Waals surface area (Å²) < 4.78 is 26.5. The van der Waals surface area contributed by atoms with Crippen LogP contribution in [-0.2, 0) is 6.54 Å². The van der Waals surface area contributed by atoms with Gasteiger partial charge in [0.1, 0.15) is 11.6 Å². The minimum Gasteiger partial charge on any atom is -0.299 e. The van der Waals surface area contributed by atoms with E-state index in [2.05, 4.69) is 4.90 Å². The molecule has 0 atom stereocenters. The van der Waals surface area contributed by atoms with Gasteiger partial charge in [-0.2, -0.15) is 0 Å². The van der Waals surface area contributed by atoms with Gasteiger partial charge in [-0.25, -0.2) is 8.78 Å². The Morgan fingerprint density at radius 3 is 2.32 bits per heavy atom. The van der Waals surface area contributed by atoms with E-state index in [9.17, 15) is 13.6 Å². The van der Waals surface area contributed by atoms with Crippen LogP contribution >= 0.6 is 0 Å². The molecule has 0 aliphatic carbocycles. The van der Waals surface area contributed by atoms with Crippen LogP contribution in [-0.4, -0.2) is 23.8 Å². The van der Waals surface area contributed by atoms with Crippen molar-refractivity contribution < 1.29 is 13.6 Å². The first-order chi connectivity index (χ1) is 10.6. The highest BCUT2D eigenvalue weighted by atomic mass is 19.1. The van der Waals surface area contributed by atoms with Gasteiger partial charge in [0, 0.05) is 23.7 Å². The quantitative estimate of drug-likeness (QED) is 0.801. The second-order valence-corrected chi connectivity index (χ2v) is 5.67. The average molecular weight is 301 g/mol. The summed E-state index contributed by atoms with van der Waals surface area (Å²) in [4.78, 5) is 14.7. The lowest BCUT2D eigenvalue weighted by molar-refractivity contribution is 0.103. The zero-order valence-electron chi connectivity index (χ0n) is 12.2. The maximum absolute atomic E-state index is 13.3. The molecule has 0 amide bonds. The molecule has 1 saturated heterocycles. The molecule has 114 valence electrons. The first-order valence-corrected chi connectivity index (χ1v) is 7.44. The summed E-state index contributed by atoms with van der Waals surface area (Å²) >= 11 is 0. The number of carbonyl (C=O) groups is 1. The van der Waals surface area contributed by atoms with Crippen LogP contribution in [0.1, 0.15) is 34.3 Å². The molecule has 0 aromatic heterocycles. The maximum Gasteiger partial charge on any atom is 0.193 e. The molecule has 2 aromatic rings. The predicted molar refractivity (Wildman–Crippen MR) is 80.7 cm³/mol. The van der Waals surface area contributed by atoms with E-state index in [0.717, 1.165) is 43.4 Å². The van der Waals surface area contributed by atoms with Crippen molar-refractivity contribution in [3.05, 3.63) is 70.8 Å². The van der Waals surface area contributed by atoms with Gasteiger partial charge < -0.3 is 0 Å². The van der Waals surface area contributed by atoms with Crippen LogP contribution in [0.5, 0.6) is 0 Å². The number of benzene rings is 2. The summed E-state index contributed by atoms with van der Waals surface area (Å²) in [5.74, 6) is -1.84. The molecule has 0 radical (unpaired) electrons. The average Bonchev–Trinajstić information content (AvgIpc) is 2.98. The highest BCUT2D eigenvalue weighted by Gasteiger charge is 2.15. The van der Waals surface area contributed by atoms with Gasteiger partial charge in [0.25, 0.3) is 0 Å². The molecule has 22 heavy (non-hydrogen) atoms. The number of nitrogens with zero attached hydrogens (tertiary/aromatic N) is 1. The van der Waals surface area contributed by atoms with Crippen LogP contribution in [0.4, 0.5) is 8.78 Å². The van der Waals surface area contributed by atoms with E-state index in [1.165, 1.54) is 12.8 Å². The van der Waals surface area contributed by atoms with Gasteiger partial charge in [-0.15, -0.1) is 0 Å². The van der Waals surface area contributed by atoms with Crippen LogP contribution in [0.15, 0.2) is 42.5 Å². The summed E-state index contributed by atoms with van der Waals surface area (Å²) in [5, 5.41) is 0. The third-order valence-electron chi connectivity index (χ3n) is 3.92. The van der Waals surface area contributed by atoms with Gasteiger partial charge in [0.15, 0.2) is 5.78 Å². The molecule has 0 unspecified atom stereocenters. The molecule has 0 N–H and O–H groups in total. The van der Waals surface area contributed by atoms with Gasteiger partial charge in [-0.05, 0) is 49.7 Å². The largest absolute Gasteiger partial charge is 0.299 e. The topological polar surface area (TPSA) is 20.3 Å². The highest BCUT2D eigenvalue weighted by molar-refractivity contribution is 6.09. The van der Waals surface area contributed by atoms with Crippen molar-refractivity contribution in [1.29, 1.82) is 0 Å². The zero-order chi connectivity index (χ0) is 15.5. The Balaban J connectivity index is 1.82. The molecule has 2 aromatic carbocycles. The van der Waals surface area contributed by atoms with Crippen molar-refractivity contribution in [1.82, 2.24) is 4.90 Å². The lowest BCUT2D eigenvalue weighted by Gasteiger charge is -2.15. The number of rotatable bonds is 4. The van der Waals surface area contributed by atoms with Crippen molar-refractivity contribution in [2.24, 2.45) is 0 Å². The number of halogens is 2. The second kappa shape index (κ2) is 6.36. The summed E-state index contributed by atoms with van der Waals surface area (Å²) in [5.41, 5.74) is 1.54. The molecule has 2 nitrogen and oxygen atoms in total. The van der Waals surface area contributed by atoms with Gasteiger partial charge >= 0.3 is 0 Å². The number of hydrogen-bond donors (Lipinski definition) is 0. The zero-order valence-corrected chi connectivity index (χ0v) is 12.2. The van der Waals surface area contributed by atoms with E-state index in [4.69, 9.17) is 0 Å². The highest BCUT2D eigenvalue weighted by Crippen LogP contribution is 2.17. The number of ketones is 1. The SMILES string of the molecule is O=C(c1cc(F)cc(F)c1)c1cccc(CN2CCCC2)c1. The van der Waals surface area contributed by atoms with Crippen LogP contribution in [0.3, 0.4) is 0 Å². The minimum absolute atomic E-state index is 0.0378. The summed E-state index contributed by atoms with van der Waals surface area (Å²) in [6, 6.07) is 10.2. The summed E-state index contributed by atoms with van der Waals surface area (Å²) in [6.07, 6.45) is 2.42. The molecule has 1 fully saturated rings. The molecule has 0 saturated carbocycles. The van der Waals surface area contributed by atoms with Crippen molar-refractivity contribution in [3.63, 3.8) is 0 Å². The maximum atomic E-state index is 13.3. The fraction of sp³-hybridized carbons (Fsp3) is 0.278. The van der Waals surface area contributed by atoms with Gasteiger partial charge in [0.05, 0.1) is 0 Å². The number of hydrogen-bond acceptors (Lipinski definition) is 2. The van der Waals surface area contributed by atoms with Gasteiger partial charge in [0.2, 0.25) is 0 Å². The van der Waals surface area contributed by atoms with Crippen molar-refractivity contribution in [2.75, 3.05) is 13.1 Å². The minimum atomic E-state index is -0.739. The Morgan fingerprint density at radius 1 is 0.955 bits per heavy atom. The Morgan fingerprint density at radius 2 is 1.64 bits per heavy atom. The Labute approximate surface area is 128 Å². The third-order valence-corrected chi connectivity index (χ3v) is 3.92. The number of carbonyl (C=O) groups excluding carboxylic acids is 1. The monoisotopic (exact) mass is 301 g/mol. The summed E-state index contributed by atoms with van der Waals surface area (Å²) in [6.45, 7) is 2.96. The van der Waals surface area contributed by atoms with Crippen LogP contribution in [0, 0.1) is 11.6 Å². The van der Waals surface area contributed by atoms with E-state index in [-0.39, 0.29) is 11.3 Å². The fourth-order valence-electron chi connectivity index (χ4n) is 2.86. The smallest absolute Gasteiger partial charge is 0.193 e. The third kappa shape index (κ3) is 3.39. The van der Waals surface area contributed by atoms with Crippen molar-refractivity contribution in [2.45, 2.75) is 19.4 Å². The molecule has 1 aliphatic heterocycles. The normalized spacial score (nSPS) is 15.2. The van der Waals surface area contributed by atoms with E-state index in [1.54, 1.807) is 6.07 Å². The molecule has 0 bridgehead atoms. The molecule has 0 spiro atoms. The standard InChI is InChI=1S/C18H17F2NO/c19-16-9-15(10-17(20)11-16)18(22)14-5-3-4-13(8-14)12-21-6-1-2-7-21/h3-5,8-11H,1-2,6-7,12H2. The fourth-order valence-corrected chi connectivity index (χ4v) is 2.86. The molecular formula is C18H17F2NO. The Bertz CT molecular complexity index is 673. The molecule has 1 heterocycles. The Hall–Kier alpha value is -2.07. The Kier molecular flexibility index (Phi) is 4.29.